The summed E-state index contributed by atoms with van der Waals surface area (Å²) in [4.78, 5) is 28.2. The molecule has 0 bridgehead atoms. The van der Waals surface area contributed by atoms with Crippen LogP contribution in [-0.2, 0) is 19.1 Å². The van der Waals surface area contributed by atoms with Crippen molar-refractivity contribution in [3.8, 4) is 0 Å². The summed E-state index contributed by atoms with van der Waals surface area (Å²) in [5.41, 5.74) is -0.161. The van der Waals surface area contributed by atoms with E-state index < -0.39 is 11.9 Å². The van der Waals surface area contributed by atoms with E-state index in [4.69, 9.17) is 0 Å². The molecule has 0 atom stereocenters. The average molecular weight is 270 g/mol. The molecule has 106 valence electrons. The van der Waals surface area contributed by atoms with Crippen LogP contribution in [0, 0.1) is 0 Å². The van der Waals surface area contributed by atoms with Gasteiger partial charge < -0.3 is 19.5 Å². The van der Waals surface area contributed by atoms with Crippen LogP contribution >= 0.6 is 0 Å². The van der Waals surface area contributed by atoms with Crippen LogP contribution in [0.25, 0.3) is 0 Å². The molecule has 0 amide bonds. The summed E-state index contributed by atoms with van der Waals surface area (Å²) in [6, 6.07) is 0. The monoisotopic (exact) mass is 270 g/mol. The molecule has 0 aromatic heterocycles. The Bertz CT molecular complexity index is 431. The van der Waals surface area contributed by atoms with E-state index in [0.717, 1.165) is 6.21 Å². The Morgan fingerprint density at radius 3 is 2.05 bits per heavy atom. The summed E-state index contributed by atoms with van der Waals surface area (Å²) in [6.45, 7) is 1.31. The maximum Gasteiger partial charge on any atom is 0.358 e. The van der Waals surface area contributed by atoms with Gasteiger partial charge >= 0.3 is 11.9 Å². The number of allylic oxidation sites excluding steroid dienone is 1. The van der Waals surface area contributed by atoms with E-state index in [0.29, 0.717) is 0 Å². The molecule has 0 rings (SSSR count). The zero-order valence-corrected chi connectivity index (χ0v) is 11.6. The van der Waals surface area contributed by atoms with Crippen molar-refractivity contribution in [2.75, 3.05) is 28.3 Å². The van der Waals surface area contributed by atoms with Gasteiger partial charge in [0.05, 0.1) is 14.2 Å². The van der Waals surface area contributed by atoms with Crippen LogP contribution in [0.4, 0.5) is 0 Å². The van der Waals surface area contributed by atoms with Gasteiger partial charge in [-0.05, 0) is 6.92 Å². The van der Waals surface area contributed by atoms with Gasteiger partial charge in [0.15, 0.2) is 5.70 Å². The molecule has 7 heteroatoms. The number of methoxy groups -OCH3 is 2. The second-order valence-electron chi connectivity index (χ2n) is 3.72. The number of rotatable bonds is 5. The molecule has 0 aromatic carbocycles. The minimum Gasteiger partial charge on any atom is -0.512 e. The van der Waals surface area contributed by atoms with E-state index in [1.807, 2.05) is 0 Å². The lowest BCUT2D eigenvalue weighted by atomic mass is 10.2. The fourth-order valence-corrected chi connectivity index (χ4v) is 1.03. The van der Waals surface area contributed by atoms with Crippen molar-refractivity contribution in [1.82, 2.24) is 4.90 Å². The third kappa shape index (κ3) is 5.71. The topological polar surface area (TPSA) is 88.4 Å². The smallest absolute Gasteiger partial charge is 0.358 e. The minimum absolute atomic E-state index is 0.0184. The van der Waals surface area contributed by atoms with Gasteiger partial charge in [-0.25, -0.2) is 14.6 Å². The van der Waals surface area contributed by atoms with Gasteiger partial charge in [0.25, 0.3) is 0 Å². The molecule has 0 saturated heterocycles. The van der Waals surface area contributed by atoms with Crippen molar-refractivity contribution < 1.29 is 24.2 Å². The Balaban J connectivity index is 5.35. The Hall–Kier alpha value is -2.31. The second-order valence-corrected chi connectivity index (χ2v) is 3.72. The highest BCUT2D eigenvalue weighted by Gasteiger charge is 2.13. The van der Waals surface area contributed by atoms with Crippen LogP contribution in [-0.4, -0.2) is 56.5 Å². The van der Waals surface area contributed by atoms with Crippen molar-refractivity contribution in [2.45, 2.75) is 6.92 Å². The third-order valence-corrected chi connectivity index (χ3v) is 1.90. The Morgan fingerprint density at radius 1 is 1.16 bits per heavy atom. The number of hydrogen-bond donors (Lipinski definition) is 1. The number of aliphatic hydroxyl groups is 1. The Kier molecular flexibility index (Phi) is 6.95. The summed E-state index contributed by atoms with van der Waals surface area (Å²) in [6.07, 6.45) is 2.47. The summed E-state index contributed by atoms with van der Waals surface area (Å²) >= 11 is 0. The van der Waals surface area contributed by atoms with Gasteiger partial charge in [-0.1, -0.05) is 0 Å². The summed E-state index contributed by atoms with van der Waals surface area (Å²) in [5.74, 6) is -1.67. The van der Waals surface area contributed by atoms with Crippen LogP contribution in [0.3, 0.4) is 0 Å². The molecule has 7 nitrogen and oxygen atoms in total. The van der Waals surface area contributed by atoms with Gasteiger partial charge in [-0.15, -0.1) is 0 Å². The van der Waals surface area contributed by atoms with Gasteiger partial charge in [-0.3, -0.25) is 0 Å². The van der Waals surface area contributed by atoms with Crippen LogP contribution in [0.5, 0.6) is 0 Å². The number of carbonyl (C=O) groups is 2. The fourth-order valence-electron chi connectivity index (χ4n) is 1.03. The second kappa shape index (κ2) is 7.91. The number of carbonyl (C=O) groups excluding carboxylic acids is 2. The maximum absolute atomic E-state index is 11.4. The van der Waals surface area contributed by atoms with E-state index in [1.54, 1.807) is 19.0 Å². The van der Waals surface area contributed by atoms with Crippen molar-refractivity contribution in [3.05, 3.63) is 23.2 Å². The SMILES string of the molecule is COC(=O)C(=C/N(C)C)/N=C/C(C(=O)OC)=C(/C)O. The molecule has 0 unspecified atom stereocenters. The molecule has 19 heavy (non-hydrogen) atoms. The first-order valence-electron chi connectivity index (χ1n) is 5.32. The highest BCUT2D eigenvalue weighted by atomic mass is 16.5. The standard InChI is InChI=1S/C12H18N2O5/c1-8(15)9(11(16)18-4)6-13-10(7-14(2)3)12(17)19-5/h6-7,15H,1-5H3/b9-8+,10-7-,13-6+. The summed E-state index contributed by atoms with van der Waals surface area (Å²) in [7, 11) is 5.80. The van der Waals surface area contributed by atoms with Crippen LogP contribution in [0.1, 0.15) is 6.92 Å². The molecule has 0 aromatic rings. The van der Waals surface area contributed by atoms with Crippen LogP contribution in [0.2, 0.25) is 0 Å². The first-order valence-corrected chi connectivity index (χ1v) is 5.32. The van der Waals surface area contributed by atoms with E-state index >= 15 is 0 Å². The Labute approximate surface area is 111 Å². The molecule has 0 aliphatic rings. The normalized spacial score (nSPS) is 13.0. The predicted octanol–water partition coefficient (Wildman–Crippen LogP) is 0.638. The minimum atomic E-state index is -0.752. The van der Waals surface area contributed by atoms with E-state index in [9.17, 15) is 14.7 Å². The molecule has 0 heterocycles. The molecule has 0 spiro atoms. The molecule has 0 aliphatic carbocycles. The third-order valence-electron chi connectivity index (χ3n) is 1.90. The average Bonchev–Trinajstić information content (AvgIpc) is 2.35. The fraction of sp³-hybridized carbons (Fsp3) is 0.417. The van der Waals surface area contributed by atoms with E-state index in [1.165, 1.54) is 27.3 Å². The van der Waals surface area contributed by atoms with Crippen molar-refractivity contribution >= 4 is 18.2 Å². The summed E-state index contributed by atoms with van der Waals surface area (Å²) in [5, 5.41) is 9.35. The van der Waals surface area contributed by atoms with Gasteiger partial charge in [0.2, 0.25) is 0 Å². The number of ether oxygens (including phenoxy) is 2. The first-order chi connectivity index (χ1) is 8.83. The van der Waals surface area contributed by atoms with Gasteiger partial charge in [0, 0.05) is 26.5 Å². The first kappa shape index (κ1) is 16.7. The highest BCUT2D eigenvalue weighted by molar-refractivity contribution is 6.10. The zero-order valence-electron chi connectivity index (χ0n) is 11.6. The number of nitrogens with zero attached hydrogens (tertiary/aromatic N) is 2. The largest absolute Gasteiger partial charge is 0.512 e. The van der Waals surface area contributed by atoms with Gasteiger partial charge in [-0.2, -0.15) is 0 Å². The zero-order chi connectivity index (χ0) is 15.0. The molecule has 1 N–H and O–H groups in total. The number of aliphatic hydroxyl groups excluding tert-OH is 1. The molecular weight excluding hydrogens is 252 g/mol. The molecule has 0 aliphatic heterocycles. The van der Waals surface area contributed by atoms with Crippen molar-refractivity contribution in [1.29, 1.82) is 0 Å². The maximum atomic E-state index is 11.4. The molecule has 0 saturated carbocycles. The van der Waals surface area contributed by atoms with E-state index in [-0.39, 0.29) is 17.0 Å². The lowest BCUT2D eigenvalue weighted by molar-refractivity contribution is -0.137. The number of aliphatic imine (C=N–C) groups is 1. The van der Waals surface area contributed by atoms with Crippen molar-refractivity contribution in [2.24, 2.45) is 4.99 Å². The molecule has 0 fully saturated rings. The molecular formula is C12H18N2O5. The van der Waals surface area contributed by atoms with Crippen molar-refractivity contribution in [3.63, 3.8) is 0 Å². The van der Waals surface area contributed by atoms with Gasteiger partial charge in [0.1, 0.15) is 11.3 Å². The lowest BCUT2D eigenvalue weighted by Crippen LogP contribution is -2.12. The Morgan fingerprint density at radius 2 is 1.68 bits per heavy atom. The predicted molar refractivity (Wildman–Crippen MR) is 69.6 cm³/mol. The quantitative estimate of drug-likeness (QED) is 0.341. The highest BCUT2D eigenvalue weighted by Crippen LogP contribution is 2.05. The molecule has 0 radical (unpaired) electrons. The van der Waals surface area contributed by atoms with Crippen LogP contribution < -0.4 is 0 Å². The number of hydrogen-bond acceptors (Lipinski definition) is 7. The van der Waals surface area contributed by atoms with Crippen LogP contribution in [0.15, 0.2) is 28.2 Å². The summed E-state index contributed by atoms with van der Waals surface area (Å²) < 4.78 is 9.03. The lowest BCUT2D eigenvalue weighted by Gasteiger charge is -2.07. The van der Waals surface area contributed by atoms with E-state index in [2.05, 4.69) is 14.5 Å². The number of esters is 2.